The van der Waals surface area contributed by atoms with Crippen LogP contribution in [0.4, 0.5) is 4.39 Å². The molecule has 5 nitrogen and oxygen atoms in total. The maximum atomic E-state index is 13.3. The van der Waals surface area contributed by atoms with Crippen molar-refractivity contribution < 1.29 is 18.7 Å². The van der Waals surface area contributed by atoms with Gasteiger partial charge in [0.15, 0.2) is 11.6 Å². The molecule has 0 saturated carbocycles. The van der Waals surface area contributed by atoms with E-state index in [1.165, 1.54) is 18.1 Å². The van der Waals surface area contributed by atoms with Gasteiger partial charge in [-0.1, -0.05) is 12.1 Å². The lowest BCUT2D eigenvalue weighted by molar-refractivity contribution is -0.132. The summed E-state index contributed by atoms with van der Waals surface area (Å²) in [5.74, 6) is -0.312. The van der Waals surface area contributed by atoms with Gasteiger partial charge >= 0.3 is 0 Å². The van der Waals surface area contributed by atoms with E-state index in [9.17, 15) is 9.18 Å². The highest BCUT2D eigenvalue weighted by Gasteiger charge is 2.15. The van der Waals surface area contributed by atoms with Gasteiger partial charge in [-0.05, 0) is 12.1 Å². The second-order valence-corrected chi connectivity index (χ2v) is 4.39. The van der Waals surface area contributed by atoms with Crippen LogP contribution in [0.2, 0.25) is 0 Å². The number of para-hydroxylation sites is 1. The summed E-state index contributed by atoms with van der Waals surface area (Å²) in [6.07, 6.45) is -0.0548. The molecule has 0 radical (unpaired) electrons. The highest BCUT2D eigenvalue weighted by atomic mass is 19.1. The summed E-state index contributed by atoms with van der Waals surface area (Å²) in [4.78, 5) is 13.4. The predicted octanol–water partition coefficient (Wildman–Crippen LogP) is 1.03. The molecule has 0 fully saturated rings. The molecule has 0 aliphatic heterocycles. The molecule has 20 heavy (non-hydrogen) atoms. The summed E-state index contributed by atoms with van der Waals surface area (Å²) >= 11 is 0. The van der Waals surface area contributed by atoms with E-state index < -0.39 is 5.82 Å². The van der Waals surface area contributed by atoms with Gasteiger partial charge in [0.2, 0.25) is 5.91 Å². The van der Waals surface area contributed by atoms with E-state index >= 15 is 0 Å². The van der Waals surface area contributed by atoms with Crippen LogP contribution in [0.15, 0.2) is 24.3 Å². The number of amides is 1. The van der Waals surface area contributed by atoms with E-state index in [1.54, 1.807) is 25.2 Å². The summed E-state index contributed by atoms with van der Waals surface area (Å²) < 4.78 is 23.6. The van der Waals surface area contributed by atoms with Crippen molar-refractivity contribution in [2.45, 2.75) is 12.5 Å². The van der Waals surface area contributed by atoms with Crippen molar-refractivity contribution in [2.24, 2.45) is 5.73 Å². The maximum absolute atomic E-state index is 13.3. The first-order chi connectivity index (χ1) is 9.58. The highest BCUT2D eigenvalue weighted by Crippen LogP contribution is 2.15. The number of rotatable bonds is 8. The molecule has 1 unspecified atom stereocenters. The Morgan fingerprint density at radius 1 is 1.45 bits per heavy atom. The Bertz CT molecular complexity index is 425. The minimum absolute atomic E-state index is 0.0839. The molecular weight excluding hydrogens is 263 g/mol. The molecule has 0 saturated heterocycles. The molecule has 1 aromatic carbocycles. The van der Waals surface area contributed by atoms with Crippen LogP contribution in [0.3, 0.4) is 0 Å². The van der Waals surface area contributed by atoms with Crippen LogP contribution in [0, 0.1) is 5.82 Å². The lowest BCUT2D eigenvalue weighted by Gasteiger charge is -2.20. The average Bonchev–Trinajstić information content (AvgIpc) is 2.46. The first-order valence-corrected chi connectivity index (χ1v) is 6.42. The fourth-order valence-corrected chi connectivity index (χ4v) is 1.59. The zero-order valence-electron chi connectivity index (χ0n) is 11.8. The van der Waals surface area contributed by atoms with E-state index in [4.69, 9.17) is 15.2 Å². The highest BCUT2D eigenvalue weighted by molar-refractivity contribution is 5.76. The lowest BCUT2D eigenvalue weighted by atomic mass is 10.2. The number of hydrogen-bond acceptors (Lipinski definition) is 4. The third kappa shape index (κ3) is 5.14. The number of methoxy groups -OCH3 is 1. The predicted molar refractivity (Wildman–Crippen MR) is 74.0 cm³/mol. The van der Waals surface area contributed by atoms with Gasteiger partial charge in [0.25, 0.3) is 0 Å². The van der Waals surface area contributed by atoms with E-state index in [-0.39, 0.29) is 30.8 Å². The molecule has 0 bridgehead atoms. The smallest absolute Gasteiger partial charge is 0.225 e. The fourth-order valence-electron chi connectivity index (χ4n) is 1.59. The van der Waals surface area contributed by atoms with Crippen LogP contribution in [0.1, 0.15) is 6.42 Å². The maximum Gasteiger partial charge on any atom is 0.225 e. The molecule has 0 spiro atoms. The zero-order valence-corrected chi connectivity index (χ0v) is 11.8. The van der Waals surface area contributed by atoms with Crippen molar-refractivity contribution in [3.8, 4) is 5.75 Å². The molecule has 6 heteroatoms. The number of ether oxygens (including phenoxy) is 2. The molecular formula is C14H21FN2O3. The van der Waals surface area contributed by atoms with Crippen LogP contribution in [0.25, 0.3) is 0 Å². The van der Waals surface area contributed by atoms with Gasteiger partial charge in [-0.15, -0.1) is 0 Å². The van der Waals surface area contributed by atoms with E-state index in [2.05, 4.69) is 0 Å². The van der Waals surface area contributed by atoms with Crippen LogP contribution >= 0.6 is 0 Å². The van der Waals surface area contributed by atoms with Gasteiger partial charge in [0.1, 0.15) is 6.61 Å². The number of benzene rings is 1. The van der Waals surface area contributed by atoms with Gasteiger partial charge in [-0.25, -0.2) is 4.39 Å². The molecule has 1 rings (SSSR count). The third-order valence-corrected chi connectivity index (χ3v) is 2.95. The molecule has 1 amide bonds. The summed E-state index contributed by atoms with van der Waals surface area (Å²) in [5, 5.41) is 0. The van der Waals surface area contributed by atoms with Crippen LogP contribution < -0.4 is 10.5 Å². The third-order valence-electron chi connectivity index (χ3n) is 2.95. The van der Waals surface area contributed by atoms with Crippen molar-refractivity contribution in [3.63, 3.8) is 0 Å². The number of hydrogen-bond donors (Lipinski definition) is 1. The van der Waals surface area contributed by atoms with Crippen molar-refractivity contribution >= 4 is 5.91 Å². The average molecular weight is 284 g/mol. The van der Waals surface area contributed by atoms with Gasteiger partial charge < -0.3 is 20.1 Å². The molecule has 112 valence electrons. The van der Waals surface area contributed by atoms with Crippen LogP contribution in [-0.4, -0.2) is 50.8 Å². The Hall–Kier alpha value is -1.66. The number of nitrogens with zero attached hydrogens (tertiary/aromatic N) is 1. The fraction of sp³-hybridized carbons (Fsp3) is 0.500. The number of nitrogens with two attached hydrogens (primary N) is 1. The number of carbonyl (C=O) groups excluding carboxylic acids is 1. The second kappa shape index (κ2) is 8.50. The number of halogens is 1. The molecule has 0 aromatic heterocycles. The van der Waals surface area contributed by atoms with Gasteiger partial charge in [-0.2, -0.15) is 0 Å². The van der Waals surface area contributed by atoms with Gasteiger partial charge in [0, 0.05) is 20.7 Å². The zero-order chi connectivity index (χ0) is 15.0. The van der Waals surface area contributed by atoms with Crippen molar-refractivity contribution in [2.75, 3.05) is 33.9 Å². The summed E-state index contributed by atoms with van der Waals surface area (Å²) in [5.41, 5.74) is 5.46. The molecule has 0 aliphatic rings. The van der Waals surface area contributed by atoms with E-state index in [0.717, 1.165) is 0 Å². The molecule has 1 aromatic rings. The normalized spacial score (nSPS) is 12.0. The SMILES string of the molecule is COC(CN)CC(=O)N(C)CCOc1ccccc1F. The first-order valence-electron chi connectivity index (χ1n) is 6.42. The Balaban J connectivity index is 2.34. The van der Waals surface area contributed by atoms with Gasteiger partial charge in [-0.3, -0.25) is 4.79 Å². The first kappa shape index (κ1) is 16.4. The molecule has 2 N–H and O–H groups in total. The minimum Gasteiger partial charge on any atom is -0.489 e. The lowest BCUT2D eigenvalue weighted by Crippen LogP contribution is -2.35. The van der Waals surface area contributed by atoms with Crippen molar-refractivity contribution in [1.82, 2.24) is 4.90 Å². The molecule has 0 heterocycles. The summed E-state index contributed by atoms with van der Waals surface area (Å²) in [6.45, 7) is 0.888. The Morgan fingerprint density at radius 3 is 2.75 bits per heavy atom. The quantitative estimate of drug-likeness (QED) is 0.774. The van der Waals surface area contributed by atoms with Crippen molar-refractivity contribution in [1.29, 1.82) is 0 Å². The Labute approximate surface area is 118 Å². The second-order valence-electron chi connectivity index (χ2n) is 4.39. The number of carbonyl (C=O) groups is 1. The van der Waals surface area contributed by atoms with E-state index in [0.29, 0.717) is 13.1 Å². The van der Waals surface area contributed by atoms with Crippen molar-refractivity contribution in [3.05, 3.63) is 30.1 Å². The Kier molecular flexibility index (Phi) is 6.97. The standard InChI is InChI=1S/C14H21FN2O3/c1-17(14(18)9-11(10-16)19-2)7-8-20-13-6-4-3-5-12(13)15/h3-6,11H,7-10,16H2,1-2H3. The molecule has 0 aliphatic carbocycles. The minimum atomic E-state index is -0.413. The summed E-state index contributed by atoms with van der Waals surface area (Å²) in [6, 6.07) is 6.16. The van der Waals surface area contributed by atoms with Gasteiger partial charge in [0.05, 0.1) is 19.1 Å². The van der Waals surface area contributed by atoms with Crippen LogP contribution in [0.5, 0.6) is 5.75 Å². The monoisotopic (exact) mass is 284 g/mol. The topological polar surface area (TPSA) is 64.8 Å². The van der Waals surface area contributed by atoms with Crippen LogP contribution in [-0.2, 0) is 9.53 Å². The largest absolute Gasteiger partial charge is 0.489 e. The summed E-state index contributed by atoms with van der Waals surface area (Å²) in [7, 11) is 3.18. The Morgan fingerprint density at radius 2 is 2.15 bits per heavy atom. The molecule has 1 atom stereocenters. The number of likely N-dealkylation sites (N-methyl/N-ethyl adjacent to an activating group) is 1. The van der Waals surface area contributed by atoms with E-state index in [1.807, 2.05) is 0 Å².